The number of carbonyl (C=O) groups is 2. The minimum Gasteiger partial charge on any atom is -0.355 e. The lowest BCUT2D eigenvalue weighted by atomic mass is 10.0. The molecule has 4 nitrogen and oxygen atoms in total. The molecular formula is C14H18N2O2. The van der Waals surface area contributed by atoms with E-state index in [2.05, 4.69) is 10.6 Å². The van der Waals surface area contributed by atoms with Crippen molar-refractivity contribution in [3.8, 4) is 0 Å². The summed E-state index contributed by atoms with van der Waals surface area (Å²) >= 11 is 0. The molecule has 1 saturated heterocycles. The second-order valence-electron chi connectivity index (χ2n) is 4.80. The van der Waals surface area contributed by atoms with E-state index in [4.69, 9.17) is 0 Å². The van der Waals surface area contributed by atoms with Crippen LogP contribution in [0.4, 0.5) is 0 Å². The van der Waals surface area contributed by atoms with E-state index in [-0.39, 0.29) is 23.8 Å². The molecule has 0 spiro atoms. The lowest BCUT2D eigenvalue weighted by molar-refractivity contribution is -0.127. The number of rotatable bonds is 4. The molecule has 0 aromatic heterocycles. The molecule has 0 aliphatic carbocycles. The van der Waals surface area contributed by atoms with Gasteiger partial charge in [0, 0.05) is 19.0 Å². The van der Waals surface area contributed by atoms with Gasteiger partial charge in [0.1, 0.15) is 0 Å². The summed E-state index contributed by atoms with van der Waals surface area (Å²) in [4.78, 5) is 22.9. The van der Waals surface area contributed by atoms with Crippen LogP contribution in [0.2, 0.25) is 0 Å². The van der Waals surface area contributed by atoms with Crippen molar-refractivity contribution in [3.63, 3.8) is 0 Å². The predicted molar refractivity (Wildman–Crippen MR) is 68.9 cm³/mol. The molecule has 2 rings (SSSR count). The first-order valence-electron chi connectivity index (χ1n) is 6.26. The van der Waals surface area contributed by atoms with Crippen LogP contribution in [0.1, 0.15) is 18.9 Å². The van der Waals surface area contributed by atoms with Crippen molar-refractivity contribution < 1.29 is 9.59 Å². The molecule has 0 bridgehead atoms. The minimum absolute atomic E-state index is 0.0308. The molecule has 2 atom stereocenters. The number of hydrogen-bond acceptors (Lipinski definition) is 2. The molecule has 2 N–H and O–H groups in total. The van der Waals surface area contributed by atoms with E-state index in [1.54, 1.807) is 0 Å². The number of hydrogen-bond donors (Lipinski definition) is 2. The summed E-state index contributed by atoms with van der Waals surface area (Å²) in [7, 11) is 0. The minimum atomic E-state index is -0.212. The fourth-order valence-electron chi connectivity index (χ4n) is 2.17. The Labute approximate surface area is 107 Å². The molecule has 1 fully saturated rings. The van der Waals surface area contributed by atoms with Crippen LogP contribution >= 0.6 is 0 Å². The first-order valence-corrected chi connectivity index (χ1v) is 6.26. The highest BCUT2D eigenvalue weighted by Crippen LogP contribution is 2.10. The summed E-state index contributed by atoms with van der Waals surface area (Å²) < 4.78 is 0. The number of carbonyl (C=O) groups excluding carboxylic acids is 2. The second kappa shape index (κ2) is 5.67. The smallest absolute Gasteiger partial charge is 0.225 e. The molecule has 4 heteroatoms. The van der Waals surface area contributed by atoms with Gasteiger partial charge in [-0.3, -0.25) is 9.59 Å². The van der Waals surface area contributed by atoms with Crippen molar-refractivity contribution in [3.05, 3.63) is 35.9 Å². The Balaban J connectivity index is 1.82. The molecule has 0 radical (unpaired) electrons. The molecule has 1 aromatic rings. The predicted octanol–water partition coefficient (Wildman–Crippen LogP) is 0.870. The normalized spacial score (nSPS) is 20.3. The number of amides is 2. The molecule has 1 heterocycles. The number of benzene rings is 1. The Kier molecular flexibility index (Phi) is 3.97. The van der Waals surface area contributed by atoms with Gasteiger partial charge in [-0.1, -0.05) is 30.3 Å². The molecule has 96 valence electrons. The van der Waals surface area contributed by atoms with E-state index in [9.17, 15) is 9.59 Å². The quantitative estimate of drug-likeness (QED) is 0.828. The van der Waals surface area contributed by atoms with Crippen LogP contribution in [0.25, 0.3) is 0 Å². The van der Waals surface area contributed by atoms with E-state index in [0.717, 1.165) is 6.42 Å². The summed E-state index contributed by atoms with van der Waals surface area (Å²) in [5.41, 5.74) is 1.20. The fourth-order valence-corrected chi connectivity index (χ4v) is 2.17. The molecular weight excluding hydrogens is 228 g/mol. The summed E-state index contributed by atoms with van der Waals surface area (Å²) in [6, 6.07) is 10.1. The Morgan fingerprint density at radius 2 is 2.17 bits per heavy atom. The van der Waals surface area contributed by atoms with Crippen LogP contribution < -0.4 is 10.6 Å². The van der Waals surface area contributed by atoms with Crippen LogP contribution in [0, 0.1) is 5.92 Å². The maximum Gasteiger partial charge on any atom is 0.225 e. The second-order valence-corrected chi connectivity index (χ2v) is 4.80. The van der Waals surface area contributed by atoms with Gasteiger partial charge in [0.15, 0.2) is 0 Å². The average molecular weight is 246 g/mol. The molecule has 1 aromatic carbocycles. The van der Waals surface area contributed by atoms with E-state index < -0.39 is 0 Å². The third-order valence-corrected chi connectivity index (χ3v) is 3.12. The fraction of sp³-hybridized carbons (Fsp3) is 0.429. The molecule has 1 aliphatic heterocycles. The first kappa shape index (κ1) is 12.6. The first-order chi connectivity index (χ1) is 8.65. The van der Waals surface area contributed by atoms with Crippen molar-refractivity contribution in [1.29, 1.82) is 0 Å². The Bertz CT molecular complexity index is 431. The monoisotopic (exact) mass is 246 g/mol. The van der Waals surface area contributed by atoms with Crippen molar-refractivity contribution in [1.82, 2.24) is 10.6 Å². The Morgan fingerprint density at radius 3 is 2.78 bits per heavy atom. The van der Waals surface area contributed by atoms with E-state index in [1.165, 1.54) is 5.56 Å². The standard InChI is InChI=1S/C14H18N2O2/c1-10(7-11-5-3-2-4-6-11)16-14(18)12-8-13(17)15-9-12/h2-6,10,12H,7-9H2,1H3,(H,15,17)(H,16,18). The van der Waals surface area contributed by atoms with Crippen molar-refractivity contribution in [2.24, 2.45) is 5.92 Å². The highest BCUT2D eigenvalue weighted by atomic mass is 16.2. The van der Waals surface area contributed by atoms with Crippen molar-refractivity contribution in [2.45, 2.75) is 25.8 Å². The van der Waals surface area contributed by atoms with Gasteiger partial charge in [-0.15, -0.1) is 0 Å². The molecule has 18 heavy (non-hydrogen) atoms. The van der Waals surface area contributed by atoms with Crippen LogP contribution in [0.15, 0.2) is 30.3 Å². The van der Waals surface area contributed by atoms with Crippen molar-refractivity contribution >= 4 is 11.8 Å². The summed E-state index contributed by atoms with van der Waals surface area (Å²) in [6.45, 7) is 2.44. The Morgan fingerprint density at radius 1 is 1.44 bits per heavy atom. The van der Waals surface area contributed by atoms with Gasteiger partial charge in [-0.2, -0.15) is 0 Å². The molecule has 1 aliphatic rings. The molecule has 2 unspecified atom stereocenters. The van der Waals surface area contributed by atoms with Gasteiger partial charge in [0.05, 0.1) is 5.92 Å². The van der Waals surface area contributed by atoms with Gasteiger partial charge < -0.3 is 10.6 Å². The molecule has 2 amide bonds. The average Bonchev–Trinajstić information content (AvgIpc) is 2.77. The Hall–Kier alpha value is -1.84. The molecule has 0 saturated carbocycles. The van der Waals surface area contributed by atoms with Crippen LogP contribution in [0.3, 0.4) is 0 Å². The van der Waals surface area contributed by atoms with Gasteiger partial charge in [0.2, 0.25) is 11.8 Å². The van der Waals surface area contributed by atoms with Crippen molar-refractivity contribution in [2.75, 3.05) is 6.54 Å². The topological polar surface area (TPSA) is 58.2 Å². The van der Waals surface area contributed by atoms with Crippen LogP contribution in [-0.4, -0.2) is 24.4 Å². The van der Waals surface area contributed by atoms with Crippen LogP contribution in [-0.2, 0) is 16.0 Å². The third kappa shape index (κ3) is 3.32. The maximum absolute atomic E-state index is 11.9. The van der Waals surface area contributed by atoms with E-state index >= 15 is 0 Å². The van der Waals surface area contributed by atoms with Crippen LogP contribution in [0.5, 0.6) is 0 Å². The van der Waals surface area contributed by atoms with Gasteiger partial charge in [-0.25, -0.2) is 0 Å². The number of nitrogens with one attached hydrogen (secondary N) is 2. The third-order valence-electron chi connectivity index (χ3n) is 3.12. The maximum atomic E-state index is 11.9. The summed E-state index contributed by atoms with van der Waals surface area (Å²) in [6.07, 6.45) is 1.12. The zero-order valence-electron chi connectivity index (χ0n) is 10.5. The highest BCUT2D eigenvalue weighted by molar-refractivity contribution is 5.89. The lowest BCUT2D eigenvalue weighted by Gasteiger charge is -2.16. The van der Waals surface area contributed by atoms with Gasteiger partial charge in [-0.05, 0) is 18.9 Å². The van der Waals surface area contributed by atoms with Gasteiger partial charge in [0.25, 0.3) is 0 Å². The lowest BCUT2D eigenvalue weighted by Crippen LogP contribution is -2.39. The van der Waals surface area contributed by atoms with E-state index in [1.807, 2.05) is 37.3 Å². The summed E-state index contributed by atoms with van der Waals surface area (Å²) in [5, 5.41) is 5.63. The van der Waals surface area contributed by atoms with E-state index in [0.29, 0.717) is 13.0 Å². The van der Waals surface area contributed by atoms with Gasteiger partial charge >= 0.3 is 0 Å². The largest absolute Gasteiger partial charge is 0.355 e. The zero-order chi connectivity index (χ0) is 13.0. The SMILES string of the molecule is CC(Cc1ccccc1)NC(=O)C1CNC(=O)C1. The summed E-state index contributed by atoms with van der Waals surface area (Å²) in [5.74, 6) is -0.279. The highest BCUT2D eigenvalue weighted by Gasteiger charge is 2.28. The zero-order valence-corrected chi connectivity index (χ0v) is 10.5.